The number of likely N-dealkylation sites (N-methyl/N-ethyl adjacent to an activating group) is 2. The van der Waals surface area contributed by atoms with Crippen LogP contribution in [0.15, 0.2) is 97.2 Å². The molecule has 1 N–H and O–H groups in total. The zero-order chi connectivity index (χ0) is 36.3. The highest BCUT2D eigenvalue weighted by Gasteiger charge is 2.44. The Morgan fingerprint density at radius 3 is 2.45 bits per heavy atom. The Morgan fingerprint density at radius 2 is 1.75 bits per heavy atom. The molecule has 2 atom stereocenters. The van der Waals surface area contributed by atoms with E-state index in [1.165, 1.54) is 11.0 Å². The van der Waals surface area contributed by atoms with Gasteiger partial charge in [0.15, 0.2) is 0 Å². The average molecular weight is 701 g/mol. The Labute approximate surface area is 294 Å². The molecule has 1 aromatic heterocycles. The van der Waals surface area contributed by atoms with Crippen molar-refractivity contribution in [3.8, 4) is 5.69 Å². The van der Waals surface area contributed by atoms with Crippen molar-refractivity contribution < 1.29 is 32.3 Å². The third kappa shape index (κ3) is 7.59. The van der Waals surface area contributed by atoms with E-state index in [0.717, 1.165) is 42.5 Å². The van der Waals surface area contributed by atoms with Gasteiger partial charge in [-0.15, -0.1) is 0 Å². The summed E-state index contributed by atoms with van der Waals surface area (Å²) in [5.41, 5.74) is 2.07. The van der Waals surface area contributed by atoms with Gasteiger partial charge in [0.1, 0.15) is 11.9 Å². The zero-order valence-electron chi connectivity index (χ0n) is 28.4. The number of benzene rings is 3. The summed E-state index contributed by atoms with van der Waals surface area (Å²) < 4.78 is 47.7. The number of hydrogen-bond donors (Lipinski definition) is 1. The summed E-state index contributed by atoms with van der Waals surface area (Å²) in [6, 6.07) is 19.6. The smallest absolute Gasteiger partial charge is 0.379 e. The highest BCUT2D eigenvalue weighted by atomic mass is 19.4. The van der Waals surface area contributed by atoms with Crippen LogP contribution in [0.2, 0.25) is 0 Å². The van der Waals surface area contributed by atoms with Gasteiger partial charge in [-0.2, -0.15) is 18.3 Å². The van der Waals surface area contributed by atoms with Gasteiger partial charge in [0.2, 0.25) is 0 Å². The van der Waals surface area contributed by atoms with Crippen LogP contribution < -0.4 is 10.2 Å². The van der Waals surface area contributed by atoms with E-state index in [4.69, 9.17) is 4.74 Å². The number of carbonyl (C=O) groups is 3. The third-order valence-corrected chi connectivity index (χ3v) is 9.18. The molecular formula is C38H39F3N6O4. The summed E-state index contributed by atoms with van der Waals surface area (Å²) in [4.78, 5) is 46.5. The monoisotopic (exact) mass is 700 g/mol. The Balaban J connectivity index is 1.35. The van der Waals surface area contributed by atoms with Crippen molar-refractivity contribution in [1.29, 1.82) is 0 Å². The van der Waals surface area contributed by atoms with Crippen LogP contribution in [-0.2, 0) is 27.0 Å². The Morgan fingerprint density at radius 1 is 1.02 bits per heavy atom. The number of aromatic nitrogens is 2. The van der Waals surface area contributed by atoms with Crippen molar-refractivity contribution in [2.75, 3.05) is 51.3 Å². The topological polar surface area (TPSA) is 100 Å². The number of para-hydroxylation sites is 1. The Hall–Kier alpha value is -5.27. The number of rotatable bonds is 10. The normalized spacial score (nSPS) is 17.9. The summed E-state index contributed by atoms with van der Waals surface area (Å²) in [5.74, 6) is -1.69. The highest BCUT2D eigenvalue weighted by Crippen LogP contribution is 2.42. The minimum Gasteiger partial charge on any atom is -0.379 e. The third-order valence-electron chi connectivity index (χ3n) is 9.18. The van der Waals surface area contributed by atoms with Gasteiger partial charge in [0, 0.05) is 62.4 Å². The molecule has 3 aromatic carbocycles. The fourth-order valence-electron chi connectivity index (χ4n) is 6.68. The molecule has 51 heavy (non-hydrogen) atoms. The molecule has 0 aliphatic carbocycles. The molecular weight excluding hydrogens is 661 g/mol. The predicted molar refractivity (Wildman–Crippen MR) is 185 cm³/mol. The zero-order valence-corrected chi connectivity index (χ0v) is 28.4. The van der Waals surface area contributed by atoms with Gasteiger partial charge in [-0.1, -0.05) is 55.1 Å². The van der Waals surface area contributed by atoms with Crippen LogP contribution in [0.25, 0.3) is 5.69 Å². The number of ether oxygens (including phenoxy) is 1. The predicted octanol–water partition coefficient (Wildman–Crippen LogP) is 5.03. The molecule has 2 aliphatic heterocycles. The van der Waals surface area contributed by atoms with Crippen molar-refractivity contribution in [1.82, 2.24) is 24.9 Å². The largest absolute Gasteiger partial charge is 0.416 e. The van der Waals surface area contributed by atoms with Gasteiger partial charge in [0.05, 0.1) is 30.7 Å². The molecule has 1 saturated heterocycles. The van der Waals surface area contributed by atoms with Crippen LogP contribution in [-0.4, -0.2) is 89.8 Å². The lowest BCUT2D eigenvalue weighted by Gasteiger charge is -2.38. The molecule has 3 heterocycles. The first kappa shape index (κ1) is 35.6. The van der Waals surface area contributed by atoms with Gasteiger partial charge in [-0.05, 0) is 48.4 Å². The van der Waals surface area contributed by atoms with Gasteiger partial charge in [-0.3, -0.25) is 24.2 Å². The van der Waals surface area contributed by atoms with E-state index >= 15 is 0 Å². The molecule has 4 aromatic rings. The fourth-order valence-corrected chi connectivity index (χ4v) is 6.68. The molecule has 1 fully saturated rings. The average Bonchev–Trinajstić information content (AvgIpc) is 3.56. The maximum atomic E-state index is 14.4. The molecule has 0 saturated carbocycles. The molecule has 3 amide bonds. The molecule has 0 spiro atoms. The highest BCUT2D eigenvalue weighted by molar-refractivity contribution is 6.05. The number of halogens is 3. The molecule has 266 valence electrons. The summed E-state index contributed by atoms with van der Waals surface area (Å²) in [7, 11) is 1.70. The van der Waals surface area contributed by atoms with E-state index in [2.05, 4.69) is 21.9 Å². The number of nitrogens with one attached hydrogen (secondary N) is 1. The van der Waals surface area contributed by atoms with Crippen LogP contribution in [0.5, 0.6) is 0 Å². The lowest BCUT2D eigenvalue weighted by Crippen LogP contribution is -2.55. The summed E-state index contributed by atoms with van der Waals surface area (Å²) in [5, 5.41) is 7.43. The Bertz CT molecular complexity index is 1920. The quantitative estimate of drug-likeness (QED) is 0.233. The molecule has 2 aliphatic rings. The molecule has 0 radical (unpaired) electrons. The molecule has 0 bridgehead atoms. The standard InChI is InChI=1S/C38H39F3N6O4/c1-4-46-35-31(22-42-47(35)30-14-6-5-7-15-30)32(33(37(46)50)43-34(48)28-12-9-13-29(21-28)38(39,40)41)27-11-8-10-26(20-27)24-44(3)36(49)25(2)23-45-16-18-51-19-17-45/h5-15,20-22,32-33H,2,4,16-19,23-24H2,1,3H3,(H,43,48)/t32-,33+/m1/s1. The fraction of sp³-hybridized carbons (Fsp3) is 0.316. The van der Waals surface area contributed by atoms with E-state index in [1.807, 2.05) is 54.6 Å². The number of nitrogens with zero attached hydrogens (tertiary/aromatic N) is 5. The van der Waals surface area contributed by atoms with Crippen molar-refractivity contribution >= 4 is 23.5 Å². The first-order valence-electron chi connectivity index (χ1n) is 16.7. The number of fused-ring (bicyclic) bond motifs is 1. The van der Waals surface area contributed by atoms with Crippen LogP contribution in [0.4, 0.5) is 19.0 Å². The van der Waals surface area contributed by atoms with Gasteiger partial charge < -0.3 is 15.0 Å². The SMILES string of the molecule is C=C(CN1CCOCC1)C(=O)N(C)Cc1cccc([C@@H]2c3cnn(-c4ccccc4)c3N(CC)C(=O)[C@H]2NC(=O)c2cccc(C(F)(F)F)c2)c1. The number of carbonyl (C=O) groups excluding carboxylic acids is 3. The minimum absolute atomic E-state index is 0.198. The second-order valence-electron chi connectivity index (χ2n) is 12.7. The summed E-state index contributed by atoms with van der Waals surface area (Å²) in [6.45, 7) is 9.42. The second-order valence-corrected chi connectivity index (χ2v) is 12.7. The van der Waals surface area contributed by atoms with Crippen molar-refractivity contribution in [2.45, 2.75) is 31.6 Å². The summed E-state index contributed by atoms with van der Waals surface area (Å²) >= 11 is 0. The van der Waals surface area contributed by atoms with Crippen LogP contribution in [0.3, 0.4) is 0 Å². The van der Waals surface area contributed by atoms with Gasteiger partial charge >= 0.3 is 6.18 Å². The van der Waals surface area contributed by atoms with Crippen LogP contribution in [0.1, 0.15) is 45.5 Å². The lowest BCUT2D eigenvalue weighted by molar-refractivity contribution is -0.137. The first-order chi connectivity index (χ1) is 24.5. The number of amides is 3. The Kier molecular flexibility index (Phi) is 10.4. The number of alkyl halides is 3. The molecule has 10 nitrogen and oxygen atoms in total. The maximum absolute atomic E-state index is 14.4. The van der Waals surface area contributed by atoms with Crippen molar-refractivity contribution in [2.24, 2.45) is 0 Å². The van der Waals surface area contributed by atoms with Crippen molar-refractivity contribution in [3.63, 3.8) is 0 Å². The number of hydrogen-bond acceptors (Lipinski definition) is 6. The van der Waals surface area contributed by atoms with Gasteiger partial charge in [-0.25, -0.2) is 4.68 Å². The van der Waals surface area contributed by atoms with Crippen LogP contribution in [0, 0.1) is 0 Å². The maximum Gasteiger partial charge on any atom is 0.416 e. The van der Waals surface area contributed by atoms with E-state index in [-0.39, 0.29) is 24.6 Å². The molecule has 6 rings (SSSR count). The van der Waals surface area contributed by atoms with Gasteiger partial charge in [0.25, 0.3) is 17.7 Å². The number of morpholine rings is 1. The molecule has 13 heteroatoms. The minimum atomic E-state index is -4.65. The van der Waals surface area contributed by atoms with E-state index in [9.17, 15) is 27.6 Å². The lowest BCUT2D eigenvalue weighted by atomic mass is 9.81. The van der Waals surface area contributed by atoms with E-state index < -0.39 is 35.5 Å². The summed E-state index contributed by atoms with van der Waals surface area (Å²) in [6.07, 6.45) is -2.99. The number of anilines is 1. The van der Waals surface area contributed by atoms with E-state index in [0.29, 0.717) is 42.3 Å². The second kappa shape index (κ2) is 14.9. The van der Waals surface area contributed by atoms with Crippen LogP contribution >= 0.6 is 0 Å². The molecule has 0 unspecified atom stereocenters. The first-order valence-corrected chi connectivity index (χ1v) is 16.7. The van der Waals surface area contributed by atoms with Crippen molar-refractivity contribution in [3.05, 3.63) is 125 Å². The van der Waals surface area contributed by atoms with E-state index in [1.54, 1.807) is 29.7 Å².